The topological polar surface area (TPSA) is 75.3 Å². The largest absolute Gasteiger partial charge is 0.345 e. The van der Waals surface area contributed by atoms with Gasteiger partial charge in [0.1, 0.15) is 0 Å². The first-order valence-corrected chi connectivity index (χ1v) is 11.5. The molecule has 6 heteroatoms. The van der Waals surface area contributed by atoms with Crippen LogP contribution in [0.2, 0.25) is 0 Å². The van der Waals surface area contributed by atoms with Gasteiger partial charge in [0.15, 0.2) is 0 Å². The maximum absolute atomic E-state index is 12.9. The monoisotopic (exact) mass is 420 g/mol. The minimum Gasteiger partial charge on any atom is -0.345 e. The number of carbonyl (C=O) groups is 1. The number of fused-ring (bicyclic) bond motifs is 1. The van der Waals surface area contributed by atoms with Crippen molar-refractivity contribution in [3.05, 3.63) is 95.1 Å². The molecule has 0 aromatic heterocycles. The lowest BCUT2D eigenvalue weighted by Crippen LogP contribution is -2.31. The lowest BCUT2D eigenvalue weighted by molar-refractivity contribution is 0.0932. The highest BCUT2D eigenvalue weighted by atomic mass is 32.2. The van der Waals surface area contributed by atoms with Crippen molar-refractivity contribution in [1.82, 2.24) is 5.32 Å². The van der Waals surface area contributed by atoms with Crippen molar-refractivity contribution < 1.29 is 13.2 Å². The Balaban J connectivity index is 1.58. The normalized spacial score (nSPS) is 15.8. The zero-order valence-corrected chi connectivity index (χ0v) is 17.6. The minimum absolute atomic E-state index is 0.0637. The quantitative estimate of drug-likeness (QED) is 0.633. The Morgan fingerprint density at radius 1 is 0.967 bits per heavy atom. The summed E-state index contributed by atoms with van der Waals surface area (Å²) in [5.74, 6) is -0.270. The van der Waals surface area contributed by atoms with Crippen LogP contribution in [0.15, 0.2) is 77.7 Å². The van der Waals surface area contributed by atoms with Crippen LogP contribution in [-0.4, -0.2) is 14.3 Å². The van der Waals surface area contributed by atoms with E-state index in [-0.39, 0.29) is 16.8 Å². The van der Waals surface area contributed by atoms with Gasteiger partial charge in [0.05, 0.1) is 10.9 Å². The summed E-state index contributed by atoms with van der Waals surface area (Å²) in [6, 6.07) is 21.6. The van der Waals surface area contributed by atoms with Gasteiger partial charge in [0.2, 0.25) is 0 Å². The molecule has 1 aliphatic carbocycles. The van der Waals surface area contributed by atoms with Crippen LogP contribution in [0.4, 0.5) is 5.69 Å². The van der Waals surface area contributed by atoms with Gasteiger partial charge < -0.3 is 5.32 Å². The Morgan fingerprint density at radius 2 is 1.70 bits per heavy atom. The van der Waals surface area contributed by atoms with Gasteiger partial charge in [-0.15, -0.1) is 0 Å². The van der Waals surface area contributed by atoms with E-state index in [0.717, 1.165) is 24.8 Å². The predicted octanol–water partition coefficient (Wildman–Crippen LogP) is 4.60. The fourth-order valence-electron chi connectivity index (χ4n) is 3.89. The first kappa shape index (κ1) is 20.2. The molecule has 30 heavy (non-hydrogen) atoms. The number of carbonyl (C=O) groups excluding carboxylic acids is 1. The van der Waals surface area contributed by atoms with Gasteiger partial charge >= 0.3 is 0 Å². The fraction of sp³-hybridized carbons (Fsp3) is 0.208. The number of benzene rings is 3. The van der Waals surface area contributed by atoms with Gasteiger partial charge in [-0.25, -0.2) is 8.42 Å². The molecule has 2 N–H and O–H groups in total. The van der Waals surface area contributed by atoms with E-state index in [1.54, 1.807) is 43.3 Å². The molecule has 0 bridgehead atoms. The number of sulfonamides is 1. The number of anilines is 1. The second-order valence-electron chi connectivity index (χ2n) is 7.57. The van der Waals surface area contributed by atoms with Crippen LogP contribution < -0.4 is 10.0 Å². The fourth-order valence-corrected chi connectivity index (χ4v) is 5.22. The predicted molar refractivity (Wildman–Crippen MR) is 118 cm³/mol. The van der Waals surface area contributed by atoms with E-state index in [0.29, 0.717) is 16.8 Å². The van der Waals surface area contributed by atoms with E-state index >= 15 is 0 Å². The van der Waals surface area contributed by atoms with Gasteiger partial charge in [-0.2, -0.15) is 0 Å². The molecule has 0 saturated heterocycles. The Bertz CT molecular complexity index is 1170. The molecule has 4 rings (SSSR count). The van der Waals surface area contributed by atoms with Crippen LogP contribution in [0.3, 0.4) is 0 Å². The molecule has 1 aliphatic rings. The van der Waals surface area contributed by atoms with Crippen molar-refractivity contribution in [3.8, 4) is 0 Å². The minimum atomic E-state index is -3.81. The van der Waals surface area contributed by atoms with Crippen LogP contribution in [0.5, 0.6) is 0 Å². The van der Waals surface area contributed by atoms with E-state index in [2.05, 4.69) is 16.1 Å². The summed E-state index contributed by atoms with van der Waals surface area (Å²) in [4.78, 5) is 13.0. The Morgan fingerprint density at radius 3 is 2.50 bits per heavy atom. The Kier molecular flexibility index (Phi) is 5.59. The van der Waals surface area contributed by atoms with Crippen molar-refractivity contribution in [1.29, 1.82) is 0 Å². The molecule has 1 atom stereocenters. The smallest absolute Gasteiger partial charge is 0.262 e. The molecular formula is C24H24N2O3S. The standard InChI is InChI=1S/C24H24N2O3S/c1-17-14-15-19(16-23(17)30(28,29)26-20-10-3-2-4-11-20)24(27)25-22-13-7-9-18-8-5-6-12-21(18)22/h2-6,8,10-12,14-16,22,26H,7,9,13H2,1H3,(H,25,27)/t22-/m0/s1. The summed E-state index contributed by atoms with van der Waals surface area (Å²) in [5.41, 5.74) is 3.79. The molecule has 0 unspecified atom stereocenters. The second kappa shape index (κ2) is 8.32. The summed E-state index contributed by atoms with van der Waals surface area (Å²) in [6.45, 7) is 1.72. The van der Waals surface area contributed by atoms with Gasteiger partial charge in [0, 0.05) is 11.3 Å². The van der Waals surface area contributed by atoms with E-state index in [9.17, 15) is 13.2 Å². The summed E-state index contributed by atoms with van der Waals surface area (Å²) < 4.78 is 28.4. The van der Waals surface area contributed by atoms with Crippen LogP contribution >= 0.6 is 0 Å². The lowest BCUT2D eigenvalue weighted by Gasteiger charge is -2.26. The van der Waals surface area contributed by atoms with Crippen molar-refractivity contribution in [2.75, 3.05) is 4.72 Å². The first-order chi connectivity index (χ1) is 14.4. The van der Waals surface area contributed by atoms with Crippen LogP contribution in [-0.2, 0) is 16.4 Å². The number of para-hydroxylation sites is 1. The number of rotatable bonds is 5. The molecule has 0 heterocycles. The van der Waals surface area contributed by atoms with Crippen molar-refractivity contribution in [3.63, 3.8) is 0 Å². The molecule has 0 fully saturated rings. The number of amides is 1. The third-order valence-corrected chi connectivity index (χ3v) is 6.96. The van der Waals surface area contributed by atoms with Crippen molar-refractivity contribution in [2.45, 2.75) is 37.1 Å². The van der Waals surface area contributed by atoms with Gasteiger partial charge in [-0.1, -0.05) is 48.5 Å². The number of nitrogens with one attached hydrogen (secondary N) is 2. The first-order valence-electron chi connectivity index (χ1n) is 10.0. The van der Waals surface area contributed by atoms with E-state index < -0.39 is 10.0 Å². The van der Waals surface area contributed by atoms with Gasteiger partial charge in [0.25, 0.3) is 15.9 Å². The summed E-state index contributed by atoms with van der Waals surface area (Å²) >= 11 is 0. The van der Waals surface area contributed by atoms with E-state index in [1.807, 2.05) is 24.3 Å². The summed E-state index contributed by atoms with van der Waals surface area (Å²) in [7, 11) is -3.81. The second-order valence-corrected chi connectivity index (χ2v) is 9.22. The summed E-state index contributed by atoms with van der Waals surface area (Å²) in [6.07, 6.45) is 2.90. The van der Waals surface area contributed by atoms with E-state index in [4.69, 9.17) is 0 Å². The van der Waals surface area contributed by atoms with Crippen LogP contribution in [0, 0.1) is 6.92 Å². The molecular weight excluding hydrogens is 396 g/mol. The molecule has 0 saturated carbocycles. The highest BCUT2D eigenvalue weighted by molar-refractivity contribution is 7.92. The number of hydrogen-bond donors (Lipinski definition) is 2. The molecule has 0 spiro atoms. The Labute approximate surface area is 177 Å². The molecule has 154 valence electrons. The van der Waals surface area contributed by atoms with Crippen LogP contribution in [0.25, 0.3) is 0 Å². The summed E-state index contributed by atoms with van der Waals surface area (Å²) in [5, 5.41) is 3.09. The number of aryl methyl sites for hydroxylation is 2. The maximum Gasteiger partial charge on any atom is 0.262 e. The number of hydrogen-bond acceptors (Lipinski definition) is 3. The zero-order chi connectivity index (χ0) is 21.1. The molecule has 3 aromatic carbocycles. The highest BCUT2D eigenvalue weighted by Gasteiger charge is 2.24. The lowest BCUT2D eigenvalue weighted by atomic mass is 9.87. The zero-order valence-electron chi connectivity index (χ0n) is 16.8. The van der Waals surface area contributed by atoms with Crippen LogP contribution in [0.1, 0.15) is 45.9 Å². The third-order valence-electron chi connectivity index (χ3n) is 5.44. The average molecular weight is 421 g/mol. The van der Waals surface area contributed by atoms with Crippen molar-refractivity contribution >= 4 is 21.6 Å². The molecule has 1 amide bonds. The highest BCUT2D eigenvalue weighted by Crippen LogP contribution is 2.30. The van der Waals surface area contributed by atoms with E-state index in [1.165, 1.54) is 11.6 Å². The van der Waals surface area contributed by atoms with Gasteiger partial charge in [-0.05, 0) is 67.1 Å². The maximum atomic E-state index is 12.9. The SMILES string of the molecule is Cc1ccc(C(=O)N[C@H]2CCCc3ccccc32)cc1S(=O)(=O)Nc1ccccc1. The molecule has 0 aliphatic heterocycles. The average Bonchev–Trinajstić information content (AvgIpc) is 2.74. The Hall–Kier alpha value is -3.12. The molecule has 3 aromatic rings. The van der Waals surface area contributed by atoms with Crippen molar-refractivity contribution in [2.24, 2.45) is 0 Å². The third kappa shape index (κ3) is 4.24. The molecule has 5 nitrogen and oxygen atoms in total. The molecule has 0 radical (unpaired) electrons. The van der Waals surface area contributed by atoms with Gasteiger partial charge in [-0.3, -0.25) is 9.52 Å².